The van der Waals surface area contributed by atoms with Crippen LogP contribution in [0.4, 0.5) is 5.82 Å². The van der Waals surface area contributed by atoms with Crippen LogP contribution in [0.2, 0.25) is 0 Å². The van der Waals surface area contributed by atoms with Crippen molar-refractivity contribution in [2.24, 2.45) is 5.92 Å². The van der Waals surface area contributed by atoms with Gasteiger partial charge < -0.3 is 19.8 Å². The van der Waals surface area contributed by atoms with Crippen molar-refractivity contribution >= 4 is 11.7 Å². The highest BCUT2D eigenvalue weighted by Crippen LogP contribution is 2.20. The van der Waals surface area contributed by atoms with E-state index < -0.39 is 0 Å². The van der Waals surface area contributed by atoms with Crippen molar-refractivity contribution in [2.45, 2.75) is 38.7 Å². The van der Waals surface area contributed by atoms with Crippen LogP contribution in [-0.4, -0.2) is 46.8 Å². The number of likely N-dealkylation sites (tertiary alicyclic amines) is 1. The molecule has 6 nitrogen and oxygen atoms in total. The summed E-state index contributed by atoms with van der Waals surface area (Å²) in [6.45, 7) is 7.79. The van der Waals surface area contributed by atoms with E-state index in [4.69, 9.17) is 4.52 Å². The molecule has 1 saturated heterocycles. The summed E-state index contributed by atoms with van der Waals surface area (Å²) >= 11 is 0. The number of aliphatic hydroxyl groups is 1. The average molecular weight is 307 g/mol. The minimum Gasteiger partial charge on any atom is -0.392 e. The van der Waals surface area contributed by atoms with Crippen LogP contribution < -0.4 is 5.32 Å². The molecule has 0 radical (unpaired) electrons. The van der Waals surface area contributed by atoms with Crippen molar-refractivity contribution in [3.05, 3.63) is 24.5 Å². The number of hydrogen-bond acceptors (Lipinski definition) is 5. The molecule has 0 aliphatic carbocycles. The number of piperidine rings is 1. The van der Waals surface area contributed by atoms with Gasteiger partial charge in [-0.25, -0.2) is 0 Å². The number of nitrogens with one attached hydrogen (secondary N) is 1. The molecule has 1 amide bonds. The van der Waals surface area contributed by atoms with Crippen molar-refractivity contribution in [1.82, 2.24) is 10.1 Å². The van der Waals surface area contributed by atoms with Crippen molar-refractivity contribution in [2.75, 3.05) is 25.0 Å². The predicted molar refractivity (Wildman–Crippen MR) is 84.5 cm³/mol. The van der Waals surface area contributed by atoms with Crippen molar-refractivity contribution in [3.63, 3.8) is 0 Å². The first-order valence-electron chi connectivity index (χ1n) is 7.84. The highest BCUT2D eigenvalue weighted by molar-refractivity contribution is 5.91. The van der Waals surface area contributed by atoms with Crippen LogP contribution in [-0.2, 0) is 4.79 Å². The molecule has 2 N–H and O–H groups in total. The fourth-order valence-electron chi connectivity index (χ4n) is 2.73. The van der Waals surface area contributed by atoms with Gasteiger partial charge in [0, 0.05) is 18.5 Å². The summed E-state index contributed by atoms with van der Waals surface area (Å²) in [6.07, 6.45) is 4.69. The summed E-state index contributed by atoms with van der Waals surface area (Å²) in [6, 6.07) is 1.71. The number of aryl methyl sites for hydroxylation is 1. The number of nitrogens with zero attached hydrogens (tertiary/aromatic N) is 2. The van der Waals surface area contributed by atoms with Gasteiger partial charge in [0.05, 0.1) is 6.10 Å². The molecule has 0 aromatic carbocycles. The zero-order valence-corrected chi connectivity index (χ0v) is 13.1. The number of carbonyl (C=O) groups excluding carboxylic acids is 1. The van der Waals surface area contributed by atoms with E-state index in [-0.39, 0.29) is 17.9 Å². The molecule has 0 spiro atoms. The van der Waals surface area contributed by atoms with E-state index in [1.165, 1.54) is 0 Å². The van der Waals surface area contributed by atoms with Crippen LogP contribution in [0, 0.1) is 12.8 Å². The van der Waals surface area contributed by atoms with Gasteiger partial charge in [-0.15, -0.1) is 6.58 Å². The van der Waals surface area contributed by atoms with E-state index in [9.17, 15) is 9.90 Å². The van der Waals surface area contributed by atoms with Crippen LogP contribution in [0.25, 0.3) is 0 Å². The van der Waals surface area contributed by atoms with Gasteiger partial charge in [-0.1, -0.05) is 11.2 Å². The molecule has 1 aromatic rings. The van der Waals surface area contributed by atoms with Gasteiger partial charge in [-0.3, -0.25) is 4.79 Å². The Bertz CT molecular complexity index is 493. The van der Waals surface area contributed by atoms with Gasteiger partial charge in [-0.05, 0) is 45.7 Å². The van der Waals surface area contributed by atoms with Crippen LogP contribution >= 0.6 is 0 Å². The number of rotatable bonds is 7. The zero-order chi connectivity index (χ0) is 15.9. The normalized spacial score (nSPS) is 18.1. The standard InChI is InChI=1S/C16H25N3O3/c1-3-4-5-14(20)11-19-8-6-13(7-9-19)16(21)17-15-10-12(2)22-18-15/h3,10,13-14,20H,1,4-9,11H2,2H3,(H,17,18,21). The number of amides is 1. The number of anilines is 1. The molecule has 1 aromatic heterocycles. The number of carbonyl (C=O) groups is 1. The van der Waals surface area contributed by atoms with Gasteiger partial charge >= 0.3 is 0 Å². The summed E-state index contributed by atoms with van der Waals surface area (Å²) in [7, 11) is 0. The van der Waals surface area contributed by atoms with Crippen molar-refractivity contribution in [1.29, 1.82) is 0 Å². The monoisotopic (exact) mass is 307 g/mol. The second-order valence-corrected chi connectivity index (χ2v) is 5.91. The van der Waals surface area contributed by atoms with E-state index in [2.05, 4.69) is 22.0 Å². The molecule has 22 heavy (non-hydrogen) atoms. The Balaban J connectivity index is 1.72. The lowest BCUT2D eigenvalue weighted by Gasteiger charge is -2.32. The molecule has 0 bridgehead atoms. The van der Waals surface area contributed by atoms with Crippen LogP contribution in [0.15, 0.2) is 23.2 Å². The molecule has 2 heterocycles. The van der Waals surface area contributed by atoms with Crippen LogP contribution in [0.1, 0.15) is 31.4 Å². The second-order valence-electron chi connectivity index (χ2n) is 5.91. The van der Waals surface area contributed by atoms with Gasteiger partial charge in [0.15, 0.2) is 5.82 Å². The topological polar surface area (TPSA) is 78.6 Å². The number of allylic oxidation sites excluding steroid dienone is 1. The van der Waals surface area contributed by atoms with Crippen LogP contribution in [0.5, 0.6) is 0 Å². The summed E-state index contributed by atoms with van der Waals surface area (Å²) < 4.78 is 4.94. The lowest BCUT2D eigenvalue weighted by atomic mass is 9.95. The smallest absolute Gasteiger partial charge is 0.228 e. The number of aliphatic hydroxyl groups excluding tert-OH is 1. The third-order valence-corrected chi connectivity index (χ3v) is 4.01. The first-order chi connectivity index (χ1) is 10.6. The summed E-state index contributed by atoms with van der Waals surface area (Å²) in [5.74, 6) is 1.15. The second kappa shape index (κ2) is 8.10. The van der Waals surface area contributed by atoms with Gasteiger partial charge in [0.1, 0.15) is 5.76 Å². The zero-order valence-electron chi connectivity index (χ0n) is 13.1. The average Bonchev–Trinajstić information content (AvgIpc) is 2.91. The Hall–Kier alpha value is -1.66. The van der Waals surface area contributed by atoms with Crippen molar-refractivity contribution < 1.29 is 14.4 Å². The molecule has 1 aliphatic heterocycles. The molecule has 1 fully saturated rings. The van der Waals surface area contributed by atoms with E-state index in [1.54, 1.807) is 13.0 Å². The molecule has 1 atom stereocenters. The predicted octanol–water partition coefficient (Wildman–Crippen LogP) is 1.96. The third-order valence-electron chi connectivity index (χ3n) is 4.01. The molecular formula is C16H25N3O3. The lowest BCUT2D eigenvalue weighted by Crippen LogP contribution is -2.41. The Morgan fingerprint density at radius 3 is 2.95 bits per heavy atom. The Labute approximate surface area is 131 Å². The summed E-state index contributed by atoms with van der Waals surface area (Å²) in [5.41, 5.74) is 0. The highest BCUT2D eigenvalue weighted by Gasteiger charge is 2.26. The fourth-order valence-corrected chi connectivity index (χ4v) is 2.73. The van der Waals surface area contributed by atoms with Gasteiger partial charge in [0.25, 0.3) is 0 Å². The first kappa shape index (κ1) is 16.7. The van der Waals surface area contributed by atoms with E-state index in [0.717, 1.165) is 38.8 Å². The third kappa shape index (κ3) is 4.96. The molecule has 1 unspecified atom stereocenters. The van der Waals surface area contributed by atoms with E-state index in [1.807, 2.05) is 6.08 Å². The maximum Gasteiger partial charge on any atom is 0.228 e. The first-order valence-corrected chi connectivity index (χ1v) is 7.84. The number of hydrogen-bond donors (Lipinski definition) is 2. The molecule has 0 saturated carbocycles. The SMILES string of the molecule is C=CCCC(O)CN1CCC(C(=O)Nc2cc(C)on2)CC1. The summed E-state index contributed by atoms with van der Waals surface area (Å²) in [5, 5.41) is 16.5. The molecular weight excluding hydrogens is 282 g/mol. The number of β-amino-alcohol motifs (C(OH)–C–C–N with tert-alkyl or cyclic N) is 1. The Morgan fingerprint density at radius 1 is 1.64 bits per heavy atom. The van der Waals surface area contributed by atoms with Crippen molar-refractivity contribution in [3.8, 4) is 0 Å². The molecule has 2 rings (SSSR count). The minimum atomic E-state index is -0.318. The Morgan fingerprint density at radius 2 is 2.36 bits per heavy atom. The summed E-state index contributed by atoms with van der Waals surface area (Å²) in [4.78, 5) is 14.4. The fraction of sp³-hybridized carbons (Fsp3) is 0.625. The number of aromatic nitrogens is 1. The quantitative estimate of drug-likeness (QED) is 0.753. The largest absolute Gasteiger partial charge is 0.392 e. The molecule has 6 heteroatoms. The highest BCUT2D eigenvalue weighted by atomic mass is 16.5. The Kier molecular flexibility index (Phi) is 6.15. The van der Waals surface area contributed by atoms with Crippen LogP contribution in [0.3, 0.4) is 0 Å². The van der Waals surface area contributed by atoms with Gasteiger partial charge in [-0.2, -0.15) is 0 Å². The maximum absolute atomic E-state index is 12.2. The minimum absolute atomic E-state index is 0.000144. The van der Waals surface area contributed by atoms with E-state index >= 15 is 0 Å². The molecule has 122 valence electrons. The maximum atomic E-state index is 12.2. The van der Waals surface area contributed by atoms with Gasteiger partial charge in [0.2, 0.25) is 5.91 Å². The molecule has 1 aliphatic rings. The van der Waals surface area contributed by atoms with E-state index in [0.29, 0.717) is 18.1 Å². The lowest BCUT2D eigenvalue weighted by molar-refractivity contribution is -0.121.